The summed E-state index contributed by atoms with van der Waals surface area (Å²) in [7, 11) is 1.56. The predicted octanol–water partition coefficient (Wildman–Crippen LogP) is 2.59. The molecule has 1 aliphatic carbocycles. The third kappa shape index (κ3) is 3.16. The number of aromatic nitrogens is 2. The molecule has 21 heavy (non-hydrogen) atoms. The van der Waals surface area contributed by atoms with E-state index in [1.807, 2.05) is 0 Å². The van der Waals surface area contributed by atoms with Gasteiger partial charge in [-0.25, -0.2) is 0 Å². The fourth-order valence-corrected chi connectivity index (χ4v) is 2.03. The monoisotopic (exact) mass is 290 g/mol. The van der Waals surface area contributed by atoms with Gasteiger partial charge in [0.15, 0.2) is 18.1 Å². The number of ether oxygens (including phenoxy) is 2. The van der Waals surface area contributed by atoms with E-state index in [-0.39, 0.29) is 6.61 Å². The highest BCUT2D eigenvalue weighted by atomic mass is 16.5. The molecule has 2 aromatic rings. The molecule has 0 radical (unpaired) electrons. The molecular weight excluding hydrogens is 272 g/mol. The van der Waals surface area contributed by atoms with Gasteiger partial charge in [-0.05, 0) is 37.5 Å². The standard InChI is InChI=1S/C15H18N2O4/c1-9(18)11-5-6-12(13(7-11)19-2)20-8-14-16-15(21-17-14)10-3-4-10/h5-7,9-10,18H,3-4,8H2,1-2H3/t9-/m1/s1. The van der Waals surface area contributed by atoms with Gasteiger partial charge in [0.1, 0.15) is 0 Å². The van der Waals surface area contributed by atoms with E-state index in [1.54, 1.807) is 32.2 Å². The van der Waals surface area contributed by atoms with Gasteiger partial charge in [0.2, 0.25) is 11.7 Å². The minimum atomic E-state index is -0.550. The third-order valence-corrected chi connectivity index (χ3v) is 3.44. The molecule has 0 unspecified atom stereocenters. The van der Waals surface area contributed by atoms with E-state index in [9.17, 15) is 5.11 Å². The smallest absolute Gasteiger partial charge is 0.229 e. The molecule has 1 atom stereocenters. The summed E-state index contributed by atoms with van der Waals surface area (Å²) >= 11 is 0. The molecule has 0 aliphatic heterocycles. The summed E-state index contributed by atoms with van der Waals surface area (Å²) in [5.41, 5.74) is 0.773. The molecule has 0 amide bonds. The number of aliphatic hydroxyl groups is 1. The molecule has 1 aliphatic rings. The van der Waals surface area contributed by atoms with E-state index in [0.29, 0.717) is 29.1 Å². The van der Waals surface area contributed by atoms with Crippen LogP contribution in [0.3, 0.4) is 0 Å². The summed E-state index contributed by atoms with van der Waals surface area (Å²) < 4.78 is 16.1. The second-order valence-corrected chi connectivity index (χ2v) is 5.20. The van der Waals surface area contributed by atoms with Crippen LogP contribution in [0.4, 0.5) is 0 Å². The number of benzene rings is 1. The number of hydrogen-bond donors (Lipinski definition) is 1. The van der Waals surface area contributed by atoms with Crippen LogP contribution >= 0.6 is 0 Å². The lowest BCUT2D eigenvalue weighted by Crippen LogP contribution is -2.01. The highest BCUT2D eigenvalue weighted by Gasteiger charge is 2.29. The summed E-state index contributed by atoms with van der Waals surface area (Å²) in [5, 5.41) is 13.5. The summed E-state index contributed by atoms with van der Waals surface area (Å²) in [6, 6.07) is 5.32. The molecule has 0 bridgehead atoms. The molecule has 1 heterocycles. The molecule has 3 rings (SSSR count). The Balaban J connectivity index is 1.68. The van der Waals surface area contributed by atoms with Gasteiger partial charge in [-0.1, -0.05) is 11.2 Å². The first kappa shape index (κ1) is 13.9. The van der Waals surface area contributed by atoms with Crippen molar-refractivity contribution in [1.29, 1.82) is 0 Å². The second-order valence-electron chi connectivity index (χ2n) is 5.20. The zero-order valence-electron chi connectivity index (χ0n) is 12.1. The van der Waals surface area contributed by atoms with E-state index in [1.165, 1.54) is 0 Å². The lowest BCUT2D eigenvalue weighted by atomic mass is 10.1. The van der Waals surface area contributed by atoms with Gasteiger partial charge in [-0.3, -0.25) is 0 Å². The Morgan fingerprint density at radius 1 is 1.38 bits per heavy atom. The molecule has 112 valence electrons. The predicted molar refractivity (Wildman–Crippen MR) is 74.2 cm³/mol. The summed E-state index contributed by atoms with van der Waals surface area (Å²) in [6.45, 7) is 1.93. The van der Waals surface area contributed by atoms with Crippen molar-refractivity contribution >= 4 is 0 Å². The highest BCUT2D eigenvalue weighted by molar-refractivity contribution is 5.43. The topological polar surface area (TPSA) is 77.6 Å². The average molecular weight is 290 g/mol. The first-order valence-electron chi connectivity index (χ1n) is 6.98. The Bertz CT molecular complexity index is 620. The fraction of sp³-hybridized carbons (Fsp3) is 0.467. The van der Waals surface area contributed by atoms with Gasteiger partial charge in [0.25, 0.3) is 0 Å². The normalized spacial score (nSPS) is 15.8. The first-order valence-corrected chi connectivity index (χ1v) is 6.98. The lowest BCUT2D eigenvalue weighted by Gasteiger charge is -2.12. The SMILES string of the molecule is COc1cc([C@@H](C)O)ccc1OCc1noc(C2CC2)n1. The Kier molecular flexibility index (Phi) is 3.79. The van der Waals surface area contributed by atoms with Gasteiger partial charge in [0, 0.05) is 5.92 Å². The van der Waals surface area contributed by atoms with Crippen LogP contribution in [0.15, 0.2) is 22.7 Å². The molecular formula is C15H18N2O4. The van der Waals surface area contributed by atoms with Gasteiger partial charge >= 0.3 is 0 Å². The number of nitrogens with zero attached hydrogens (tertiary/aromatic N) is 2. The van der Waals surface area contributed by atoms with Crippen molar-refractivity contribution in [3.05, 3.63) is 35.5 Å². The van der Waals surface area contributed by atoms with Crippen LogP contribution in [0.2, 0.25) is 0 Å². The minimum Gasteiger partial charge on any atom is -0.493 e. The Hall–Kier alpha value is -2.08. The van der Waals surface area contributed by atoms with Crippen molar-refractivity contribution in [2.45, 2.75) is 38.4 Å². The van der Waals surface area contributed by atoms with Crippen LogP contribution in [0.25, 0.3) is 0 Å². The maximum atomic E-state index is 9.57. The second kappa shape index (κ2) is 5.73. The molecule has 0 saturated heterocycles. The van der Waals surface area contributed by atoms with E-state index >= 15 is 0 Å². The van der Waals surface area contributed by atoms with Crippen molar-refractivity contribution in [3.63, 3.8) is 0 Å². The fourth-order valence-electron chi connectivity index (χ4n) is 2.03. The largest absolute Gasteiger partial charge is 0.493 e. The number of aliphatic hydroxyl groups excluding tert-OH is 1. The molecule has 0 spiro atoms. The first-order chi connectivity index (χ1) is 10.2. The van der Waals surface area contributed by atoms with Gasteiger partial charge in [-0.15, -0.1) is 0 Å². The van der Waals surface area contributed by atoms with Crippen molar-refractivity contribution in [1.82, 2.24) is 10.1 Å². The number of hydrogen-bond acceptors (Lipinski definition) is 6. The highest BCUT2D eigenvalue weighted by Crippen LogP contribution is 2.39. The van der Waals surface area contributed by atoms with Crippen LogP contribution in [0, 0.1) is 0 Å². The van der Waals surface area contributed by atoms with E-state index < -0.39 is 6.10 Å². The van der Waals surface area contributed by atoms with Crippen LogP contribution in [0.5, 0.6) is 11.5 Å². The Morgan fingerprint density at radius 3 is 2.86 bits per heavy atom. The Labute approximate surface area is 122 Å². The van der Waals surface area contributed by atoms with Gasteiger partial charge in [-0.2, -0.15) is 4.98 Å². The molecule has 1 aromatic heterocycles. The van der Waals surface area contributed by atoms with Crippen molar-refractivity contribution in [2.75, 3.05) is 7.11 Å². The van der Waals surface area contributed by atoms with Crippen molar-refractivity contribution in [3.8, 4) is 11.5 Å². The summed E-state index contributed by atoms with van der Waals surface area (Å²) in [6.07, 6.45) is 1.69. The summed E-state index contributed by atoms with van der Waals surface area (Å²) in [5.74, 6) is 2.81. The average Bonchev–Trinajstić information content (AvgIpc) is 3.24. The molecule has 6 nitrogen and oxygen atoms in total. The quantitative estimate of drug-likeness (QED) is 0.881. The van der Waals surface area contributed by atoms with Crippen LogP contribution < -0.4 is 9.47 Å². The maximum Gasteiger partial charge on any atom is 0.229 e. The van der Waals surface area contributed by atoms with Crippen LogP contribution in [-0.2, 0) is 6.61 Å². The van der Waals surface area contributed by atoms with E-state index in [4.69, 9.17) is 14.0 Å². The van der Waals surface area contributed by atoms with Crippen molar-refractivity contribution < 1.29 is 19.1 Å². The number of rotatable bonds is 6. The lowest BCUT2D eigenvalue weighted by molar-refractivity contribution is 0.198. The van der Waals surface area contributed by atoms with E-state index in [2.05, 4.69) is 10.1 Å². The van der Waals surface area contributed by atoms with Crippen molar-refractivity contribution in [2.24, 2.45) is 0 Å². The molecule has 1 aromatic carbocycles. The molecule has 1 N–H and O–H groups in total. The molecule has 6 heteroatoms. The molecule has 1 saturated carbocycles. The minimum absolute atomic E-state index is 0.223. The Morgan fingerprint density at radius 2 is 2.19 bits per heavy atom. The van der Waals surface area contributed by atoms with Gasteiger partial charge < -0.3 is 19.1 Å². The zero-order valence-corrected chi connectivity index (χ0v) is 12.1. The van der Waals surface area contributed by atoms with Crippen LogP contribution in [-0.4, -0.2) is 22.4 Å². The van der Waals surface area contributed by atoms with E-state index in [0.717, 1.165) is 18.4 Å². The number of methoxy groups -OCH3 is 1. The zero-order chi connectivity index (χ0) is 14.8. The van der Waals surface area contributed by atoms with Gasteiger partial charge in [0.05, 0.1) is 13.2 Å². The maximum absolute atomic E-state index is 9.57. The third-order valence-electron chi connectivity index (χ3n) is 3.44. The summed E-state index contributed by atoms with van der Waals surface area (Å²) in [4.78, 5) is 4.31. The van der Waals surface area contributed by atoms with Crippen LogP contribution in [0.1, 0.15) is 49.1 Å². The molecule has 1 fully saturated rings.